The number of hydrogen-bond acceptors (Lipinski definition) is 6. The normalized spacial score (nSPS) is 17.5. The molecule has 0 saturated carbocycles. The molecule has 0 radical (unpaired) electrons. The molecule has 4 rings (SSSR count). The Morgan fingerprint density at radius 2 is 1.70 bits per heavy atom. The largest absolute Gasteiger partial charge is 0.497 e. The van der Waals surface area contributed by atoms with Crippen LogP contribution in [0.5, 0.6) is 5.75 Å². The van der Waals surface area contributed by atoms with Crippen LogP contribution in [0.25, 0.3) is 0 Å². The molecule has 160 valence electrons. The van der Waals surface area contributed by atoms with E-state index in [1.54, 1.807) is 35.9 Å². The van der Waals surface area contributed by atoms with E-state index in [1.165, 1.54) is 11.2 Å². The summed E-state index contributed by atoms with van der Waals surface area (Å²) in [5, 5.41) is 0. The van der Waals surface area contributed by atoms with Gasteiger partial charge >= 0.3 is 0 Å². The first-order chi connectivity index (χ1) is 14.4. The van der Waals surface area contributed by atoms with Gasteiger partial charge in [-0.25, -0.2) is 8.42 Å². The molecule has 0 aromatic heterocycles. The number of anilines is 2. The standard InChI is InChI=1S/C21H25N3O4S2/c1-16(25)24-13-14-29-21-8-7-19(15-20(21)24)30(26,27)23-11-9-22(10-12-23)17-3-5-18(28-2)6-4-17/h3-8,15H,9-14H2,1-2H3. The predicted molar refractivity (Wildman–Crippen MR) is 119 cm³/mol. The fourth-order valence-corrected chi connectivity index (χ4v) is 6.23. The van der Waals surface area contributed by atoms with Crippen molar-refractivity contribution in [1.82, 2.24) is 4.31 Å². The quantitative estimate of drug-likeness (QED) is 0.718. The number of rotatable bonds is 4. The highest BCUT2D eigenvalue weighted by molar-refractivity contribution is 7.99. The zero-order valence-corrected chi connectivity index (χ0v) is 18.7. The molecule has 0 bridgehead atoms. The van der Waals surface area contributed by atoms with Gasteiger partial charge in [0.15, 0.2) is 0 Å². The Morgan fingerprint density at radius 1 is 1.00 bits per heavy atom. The number of carbonyl (C=O) groups is 1. The summed E-state index contributed by atoms with van der Waals surface area (Å²) in [6, 6.07) is 12.9. The lowest BCUT2D eigenvalue weighted by atomic mass is 10.2. The molecule has 2 aliphatic rings. The molecule has 7 nitrogen and oxygen atoms in total. The van der Waals surface area contributed by atoms with Gasteiger partial charge in [0.05, 0.1) is 17.7 Å². The molecule has 2 aliphatic heterocycles. The highest BCUT2D eigenvalue weighted by atomic mass is 32.2. The Labute approximate surface area is 181 Å². The number of piperazine rings is 1. The molecule has 1 saturated heterocycles. The summed E-state index contributed by atoms with van der Waals surface area (Å²) in [4.78, 5) is 17.0. The number of fused-ring (bicyclic) bond motifs is 1. The molecule has 0 N–H and O–H groups in total. The van der Waals surface area contributed by atoms with Crippen molar-refractivity contribution in [2.24, 2.45) is 0 Å². The minimum atomic E-state index is -3.62. The molecule has 0 unspecified atom stereocenters. The Morgan fingerprint density at radius 3 is 2.33 bits per heavy atom. The summed E-state index contributed by atoms with van der Waals surface area (Å²) in [6.45, 7) is 4.17. The Kier molecular flexibility index (Phi) is 5.95. The lowest BCUT2D eigenvalue weighted by Crippen LogP contribution is -2.48. The lowest BCUT2D eigenvalue weighted by molar-refractivity contribution is -0.116. The number of hydrogen-bond donors (Lipinski definition) is 0. The van der Waals surface area contributed by atoms with Crippen molar-refractivity contribution in [1.29, 1.82) is 0 Å². The number of amides is 1. The van der Waals surface area contributed by atoms with Crippen molar-refractivity contribution in [3.05, 3.63) is 42.5 Å². The first kappa shape index (κ1) is 21.0. The van der Waals surface area contributed by atoms with Gasteiger partial charge in [-0.15, -0.1) is 11.8 Å². The fourth-order valence-electron chi connectivity index (χ4n) is 3.81. The second-order valence-electron chi connectivity index (χ2n) is 7.24. The number of benzene rings is 2. The SMILES string of the molecule is COc1ccc(N2CCN(S(=O)(=O)c3ccc4c(c3)N(C(C)=O)CCS4)CC2)cc1. The average Bonchev–Trinajstić information content (AvgIpc) is 2.78. The number of methoxy groups -OCH3 is 1. The van der Waals surface area contributed by atoms with Crippen LogP contribution in [0, 0.1) is 0 Å². The third kappa shape index (κ3) is 4.01. The van der Waals surface area contributed by atoms with Gasteiger partial charge in [-0.3, -0.25) is 4.79 Å². The van der Waals surface area contributed by atoms with Gasteiger partial charge in [0.1, 0.15) is 5.75 Å². The van der Waals surface area contributed by atoms with Crippen LogP contribution in [0.4, 0.5) is 11.4 Å². The summed E-state index contributed by atoms with van der Waals surface area (Å²) >= 11 is 1.65. The van der Waals surface area contributed by atoms with Gasteiger partial charge in [-0.2, -0.15) is 4.31 Å². The third-order valence-electron chi connectivity index (χ3n) is 5.49. The first-order valence-corrected chi connectivity index (χ1v) is 12.3. The van der Waals surface area contributed by atoms with E-state index in [2.05, 4.69) is 4.90 Å². The van der Waals surface area contributed by atoms with E-state index < -0.39 is 10.0 Å². The van der Waals surface area contributed by atoms with Crippen LogP contribution in [-0.4, -0.2) is 64.2 Å². The summed E-state index contributed by atoms with van der Waals surface area (Å²) < 4.78 is 33.2. The Bertz CT molecular complexity index is 1030. The van der Waals surface area contributed by atoms with Gasteiger partial charge in [-0.1, -0.05) is 0 Å². The fraction of sp³-hybridized carbons (Fsp3) is 0.381. The number of sulfonamides is 1. The van der Waals surface area contributed by atoms with Crippen molar-refractivity contribution in [2.75, 3.05) is 55.4 Å². The van der Waals surface area contributed by atoms with Crippen LogP contribution >= 0.6 is 11.8 Å². The minimum Gasteiger partial charge on any atom is -0.497 e. The molecular weight excluding hydrogens is 422 g/mol. The van der Waals surface area contributed by atoms with Gasteiger partial charge in [0.25, 0.3) is 0 Å². The van der Waals surface area contributed by atoms with Gasteiger partial charge in [0, 0.05) is 56.0 Å². The summed E-state index contributed by atoms with van der Waals surface area (Å²) in [7, 11) is -1.99. The number of nitrogens with zero attached hydrogens (tertiary/aromatic N) is 3. The van der Waals surface area contributed by atoms with E-state index >= 15 is 0 Å². The van der Waals surface area contributed by atoms with Gasteiger partial charge < -0.3 is 14.5 Å². The highest BCUT2D eigenvalue weighted by Crippen LogP contribution is 2.37. The summed E-state index contributed by atoms with van der Waals surface area (Å²) in [6.07, 6.45) is 0. The van der Waals surface area contributed by atoms with Crippen LogP contribution in [0.2, 0.25) is 0 Å². The topological polar surface area (TPSA) is 70.2 Å². The van der Waals surface area contributed by atoms with Crippen LogP contribution in [0.15, 0.2) is 52.3 Å². The smallest absolute Gasteiger partial charge is 0.243 e. The molecule has 0 spiro atoms. The number of thioether (sulfide) groups is 1. The van der Waals surface area contributed by atoms with Crippen molar-refractivity contribution in [2.45, 2.75) is 16.7 Å². The lowest BCUT2D eigenvalue weighted by Gasteiger charge is -2.35. The maximum absolute atomic E-state index is 13.3. The van der Waals surface area contributed by atoms with Crippen LogP contribution in [0.1, 0.15) is 6.92 Å². The Hall–Kier alpha value is -2.23. The molecular formula is C21H25N3O4S2. The van der Waals surface area contributed by atoms with Crippen molar-refractivity contribution in [3.63, 3.8) is 0 Å². The zero-order valence-electron chi connectivity index (χ0n) is 17.1. The van der Waals surface area contributed by atoms with E-state index in [0.717, 1.165) is 22.1 Å². The second kappa shape index (κ2) is 8.49. The summed E-state index contributed by atoms with van der Waals surface area (Å²) in [5.74, 6) is 1.54. The molecule has 2 aromatic carbocycles. The molecule has 2 aromatic rings. The molecule has 1 amide bonds. The first-order valence-electron chi connectivity index (χ1n) is 9.84. The average molecular weight is 448 g/mol. The Balaban J connectivity index is 1.51. The van der Waals surface area contributed by atoms with E-state index in [9.17, 15) is 13.2 Å². The summed E-state index contributed by atoms with van der Waals surface area (Å²) in [5.41, 5.74) is 1.74. The predicted octanol–water partition coefficient (Wildman–Crippen LogP) is 2.66. The van der Waals surface area contributed by atoms with Crippen LogP contribution in [-0.2, 0) is 14.8 Å². The van der Waals surface area contributed by atoms with Crippen LogP contribution in [0.3, 0.4) is 0 Å². The maximum atomic E-state index is 13.3. The molecule has 2 heterocycles. The molecule has 0 atom stereocenters. The van der Waals surface area contributed by atoms with E-state index in [4.69, 9.17) is 4.74 Å². The second-order valence-corrected chi connectivity index (χ2v) is 10.3. The maximum Gasteiger partial charge on any atom is 0.243 e. The number of carbonyl (C=O) groups excluding carboxylic acids is 1. The van der Waals surface area contributed by atoms with E-state index in [1.807, 2.05) is 30.3 Å². The number of ether oxygens (including phenoxy) is 1. The monoisotopic (exact) mass is 447 g/mol. The zero-order chi connectivity index (χ0) is 21.3. The van der Waals surface area contributed by atoms with Crippen molar-refractivity contribution >= 4 is 39.1 Å². The van der Waals surface area contributed by atoms with Gasteiger partial charge in [-0.05, 0) is 42.5 Å². The minimum absolute atomic E-state index is 0.0702. The van der Waals surface area contributed by atoms with Crippen LogP contribution < -0.4 is 14.5 Å². The third-order valence-corrected chi connectivity index (χ3v) is 8.43. The van der Waals surface area contributed by atoms with Crippen molar-refractivity contribution < 1.29 is 17.9 Å². The van der Waals surface area contributed by atoms with Crippen molar-refractivity contribution in [3.8, 4) is 5.75 Å². The van der Waals surface area contributed by atoms with E-state index in [-0.39, 0.29) is 10.8 Å². The molecule has 9 heteroatoms. The van der Waals surface area contributed by atoms with E-state index in [0.29, 0.717) is 38.4 Å². The van der Waals surface area contributed by atoms with Gasteiger partial charge in [0.2, 0.25) is 15.9 Å². The molecule has 1 fully saturated rings. The highest BCUT2D eigenvalue weighted by Gasteiger charge is 2.30. The molecule has 30 heavy (non-hydrogen) atoms. The molecule has 0 aliphatic carbocycles.